The Kier molecular flexibility index (Phi) is 4.39. The van der Waals surface area contributed by atoms with Crippen molar-refractivity contribution in [3.05, 3.63) is 54.1 Å². The molecule has 0 atom stereocenters. The zero-order chi connectivity index (χ0) is 14.4. The Labute approximate surface area is 116 Å². The van der Waals surface area contributed by atoms with Gasteiger partial charge in [-0.2, -0.15) is 5.10 Å². The number of methoxy groups -OCH3 is 1. The van der Waals surface area contributed by atoms with E-state index < -0.39 is 5.91 Å². The molecule has 1 aromatic carbocycles. The summed E-state index contributed by atoms with van der Waals surface area (Å²) in [7, 11) is 1.61. The number of nitrogens with one attached hydrogen (secondary N) is 1. The standard InChI is InChI=1S/C14H14N4O2/c1-10(11-3-5-12(20-2)6-4-11)17-18-14(19)13-9-15-7-8-16-13/h3-9H,1-2H3,(H,18,19). The zero-order valence-corrected chi connectivity index (χ0v) is 11.2. The number of hydrogen-bond acceptors (Lipinski definition) is 5. The maximum atomic E-state index is 11.7. The molecule has 0 aliphatic carbocycles. The summed E-state index contributed by atoms with van der Waals surface area (Å²) < 4.78 is 5.08. The van der Waals surface area contributed by atoms with Crippen molar-refractivity contribution in [3.8, 4) is 5.75 Å². The van der Waals surface area contributed by atoms with E-state index in [1.165, 1.54) is 18.6 Å². The van der Waals surface area contributed by atoms with E-state index >= 15 is 0 Å². The maximum Gasteiger partial charge on any atom is 0.291 e. The van der Waals surface area contributed by atoms with Gasteiger partial charge in [-0.25, -0.2) is 10.4 Å². The topological polar surface area (TPSA) is 76.5 Å². The van der Waals surface area contributed by atoms with Gasteiger partial charge in [0.25, 0.3) is 5.91 Å². The molecule has 0 bridgehead atoms. The SMILES string of the molecule is COc1ccc(C(C)=NNC(=O)c2cnccn2)cc1. The van der Waals surface area contributed by atoms with Gasteiger partial charge < -0.3 is 4.74 Å². The molecule has 102 valence electrons. The largest absolute Gasteiger partial charge is 0.497 e. The lowest BCUT2D eigenvalue weighted by Crippen LogP contribution is -2.20. The summed E-state index contributed by atoms with van der Waals surface area (Å²) >= 11 is 0. The van der Waals surface area contributed by atoms with Crippen LogP contribution in [0.2, 0.25) is 0 Å². The highest BCUT2D eigenvalue weighted by Gasteiger charge is 2.06. The summed E-state index contributed by atoms with van der Waals surface area (Å²) in [5, 5.41) is 4.03. The number of rotatable bonds is 4. The summed E-state index contributed by atoms with van der Waals surface area (Å²) in [4.78, 5) is 19.5. The lowest BCUT2D eigenvalue weighted by molar-refractivity contribution is 0.0949. The minimum absolute atomic E-state index is 0.221. The highest BCUT2D eigenvalue weighted by atomic mass is 16.5. The van der Waals surface area contributed by atoms with E-state index in [0.717, 1.165) is 11.3 Å². The monoisotopic (exact) mass is 270 g/mol. The zero-order valence-electron chi connectivity index (χ0n) is 11.2. The molecule has 1 amide bonds. The molecule has 20 heavy (non-hydrogen) atoms. The Balaban J connectivity index is 2.05. The minimum atomic E-state index is -0.397. The van der Waals surface area contributed by atoms with Gasteiger partial charge in [0.15, 0.2) is 0 Å². The number of hydrazone groups is 1. The average Bonchev–Trinajstić information content (AvgIpc) is 2.53. The predicted molar refractivity (Wildman–Crippen MR) is 74.7 cm³/mol. The molecule has 0 aliphatic heterocycles. The third kappa shape index (κ3) is 3.38. The van der Waals surface area contributed by atoms with Crippen LogP contribution in [0, 0.1) is 0 Å². The Morgan fingerprint density at radius 2 is 2.00 bits per heavy atom. The fourth-order valence-electron chi connectivity index (χ4n) is 1.51. The third-order valence-corrected chi connectivity index (χ3v) is 2.63. The van der Waals surface area contributed by atoms with Gasteiger partial charge in [-0.3, -0.25) is 9.78 Å². The summed E-state index contributed by atoms with van der Waals surface area (Å²) in [5.74, 6) is 0.371. The molecular weight excluding hydrogens is 256 g/mol. The highest BCUT2D eigenvalue weighted by molar-refractivity contribution is 6.00. The average molecular weight is 270 g/mol. The van der Waals surface area contributed by atoms with Crippen molar-refractivity contribution in [1.29, 1.82) is 0 Å². The van der Waals surface area contributed by atoms with E-state index in [-0.39, 0.29) is 5.69 Å². The van der Waals surface area contributed by atoms with Gasteiger partial charge in [-0.1, -0.05) is 0 Å². The number of amides is 1. The van der Waals surface area contributed by atoms with Crippen molar-refractivity contribution in [2.45, 2.75) is 6.92 Å². The van der Waals surface area contributed by atoms with Crippen LogP contribution in [-0.2, 0) is 0 Å². The second kappa shape index (κ2) is 6.42. The van der Waals surface area contributed by atoms with Crippen molar-refractivity contribution < 1.29 is 9.53 Å². The summed E-state index contributed by atoms with van der Waals surface area (Å²) in [5.41, 5.74) is 4.24. The molecule has 6 nitrogen and oxygen atoms in total. The molecule has 0 radical (unpaired) electrons. The highest BCUT2D eigenvalue weighted by Crippen LogP contribution is 2.11. The first-order chi connectivity index (χ1) is 9.70. The van der Waals surface area contributed by atoms with Crippen molar-refractivity contribution in [3.63, 3.8) is 0 Å². The molecule has 0 aliphatic rings. The number of nitrogens with zero attached hydrogens (tertiary/aromatic N) is 3. The first-order valence-corrected chi connectivity index (χ1v) is 5.96. The quantitative estimate of drug-likeness (QED) is 0.677. The summed E-state index contributed by atoms with van der Waals surface area (Å²) in [6.45, 7) is 1.80. The maximum absolute atomic E-state index is 11.7. The number of benzene rings is 1. The van der Waals surface area contributed by atoms with E-state index in [1.807, 2.05) is 24.3 Å². The normalized spacial score (nSPS) is 11.0. The summed E-state index contributed by atoms with van der Waals surface area (Å²) in [6, 6.07) is 7.40. The Bertz CT molecular complexity index is 609. The van der Waals surface area contributed by atoms with E-state index in [4.69, 9.17) is 4.74 Å². The molecule has 0 saturated carbocycles. The number of ether oxygens (including phenoxy) is 1. The fraction of sp³-hybridized carbons (Fsp3) is 0.143. The molecular formula is C14H14N4O2. The molecule has 0 spiro atoms. The number of hydrogen-bond donors (Lipinski definition) is 1. The number of aromatic nitrogens is 2. The Morgan fingerprint density at radius 1 is 1.25 bits per heavy atom. The Hall–Kier alpha value is -2.76. The first kappa shape index (κ1) is 13.7. The van der Waals surface area contributed by atoms with Crippen molar-refractivity contribution in [2.75, 3.05) is 7.11 Å². The van der Waals surface area contributed by atoms with Crippen LogP contribution in [0.25, 0.3) is 0 Å². The smallest absolute Gasteiger partial charge is 0.291 e. The van der Waals surface area contributed by atoms with Gasteiger partial charge in [0.2, 0.25) is 0 Å². The van der Waals surface area contributed by atoms with Gasteiger partial charge in [-0.15, -0.1) is 0 Å². The van der Waals surface area contributed by atoms with Crippen molar-refractivity contribution in [1.82, 2.24) is 15.4 Å². The van der Waals surface area contributed by atoms with Crippen molar-refractivity contribution >= 4 is 11.6 Å². The predicted octanol–water partition coefficient (Wildman–Crippen LogP) is 1.64. The van der Waals surface area contributed by atoms with Crippen LogP contribution in [0.4, 0.5) is 0 Å². The van der Waals surface area contributed by atoms with Gasteiger partial charge >= 0.3 is 0 Å². The molecule has 0 unspecified atom stereocenters. The van der Waals surface area contributed by atoms with E-state index in [2.05, 4.69) is 20.5 Å². The third-order valence-electron chi connectivity index (χ3n) is 2.63. The second-order valence-electron chi connectivity index (χ2n) is 3.96. The molecule has 2 aromatic rings. The lowest BCUT2D eigenvalue weighted by Gasteiger charge is -2.04. The van der Waals surface area contributed by atoms with Gasteiger partial charge in [0, 0.05) is 12.4 Å². The van der Waals surface area contributed by atoms with Crippen LogP contribution in [0.5, 0.6) is 5.75 Å². The summed E-state index contributed by atoms with van der Waals surface area (Å²) in [6.07, 6.45) is 4.34. The molecule has 6 heteroatoms. The van der Waals surface area contributed by atoms with E-state index in [1.54, 1.807) is 14.0 Å². The molecule has 0 saturated heterocycles. The van der Waals surface area contributed by atoms with Crippen LogP contribution < -0.4 is 10.2 Å². The van der Waals surface area contributed by atoms with Gasteiger partial charge in [0.05, 0.1) is 19.0 Å². The molecule has 2 rings (SSSR count). The molecule has 0 fully saturated rings. The van der Waals surface area contributed by atoms with Crippen LogP contribution in [0.15, 0.2) is 48.0 Å². The van der Waals surface area contributed by atoms with Crippen LogP contribution >= 0.6 is 0 Å². The van der Waals surface area contributed by atoms with Crippen LogP contribution in [0.1, 0.15) is 23.0 Å². The van der Waals surface area contributed by atoms with Gasteiger partial charge in [0.1, 0.15) is 11.4 Å². The van der Waals surface area contributed by atoms with Crippen molar-refractivity contribution in [2.24, 2.45) is 5.10 Å². The van der Waals surface area contributed by atoms with Crippen LogP contribution in [0.3, 0.4) is 0 Å². The van der Waals surface area contributed by atoms with Gasteiger partial charge in [-0.05, 0) is 36.8 Å². The molecule has 1 aromatic heterocycles. The van der Waals surface area contributed by atoms with E-state index in [9.17, 15) is 4.79 Å². The lowest BCUT2D eigenvalue weighted by atomic mass is 10.1. The second-order valence-corrected chi connectivity index (χ2v) is 3.96. The molecule has 1 heterocycles. The van der Waals surface area contributed by atoms with Crippen LogP contribution in [-0.4, -0.2) is 28.7 Å². The van der Waals surface area contributed by atoms with E-state index in [0.29, 0.717) is 5.71 Å². The fourth-order valence-corrected chi connectivity index (χ4v) is 1.51. The number of carbonyl (C=O) groups is 1. The Morgan fingerprint density at radius 3 is 2.60 bits per heavy atom. The minimum Gasteiger partial charge on any atom is -0.497 e. The number of carbonyl (C=O) groups excluding carboxylic acids is 1. The first-order valence-electron chi connectivity index (χ1n) is 5.96. The molecule has 1 N–H and O–H groups in total.